The lowest BCUT2D eigenvalue weighted by atomic mass is 10.1. The molecule has 0 saturated carbocycles. The molecule has 12 nitrogen and oxygen atoms in total. The second-order valence-electron chi connectivity index (χ2n) is 8.89. The topological polar surface area (TPSA) is 184 Å². The molecule has 0 unspecified atom stereocenters. The molecule has 1 aliphatic rings. The van der Waals surface area contributed by atoms with Gasteiger partial charge in [0.1, 0.15) is 11.8 Å². The number of carboxylic acid groups (broad SMARTS) is 1. The highest BCUT2D eigenvalue weighted by atomic mass is 32.2. The number of nitrogens with two attached hydrogens (primary N) is 1. The number of carboxylic acids is 1. The molecule has 39 heavy (non-hydrogen) atoms. The van der Waals surface area contributed by atoms with Crippen molar-refractivity contribution in [1.82, 2.24) is 15.8 Å². The number of guanidine groups is 1. The normalized spacial score (nSPS) is 13.1. The number of nitrogens with one attached hydrogen (secondary N) is 3. The first-order valence-electron chi connectivity index (χ1n) is 12.1. The number of carbonyl (C=O) groups excluding carboxylic acids is 1. The van der Waals surface area contributed by atoms with Gasteiger partial charge in [0.2, 0.25) is 6.79 Å². The fourth-order valence-electron chi connectivity index (χ4n) is 4.16. The Kier molecular flexibility index (Phi) is 8.52. The molecule has 0 bridgehead atoms. The first-order valence-corrected chi connectivity index (χ1v) is 13.8. The van der Waals surface area contributed by atoms with E-state index in [0.717, 1.165) is 10.4 Å². The van der Waals surface area contributed by atoms with Crippen LogP contribution in [0.1, 0.15) is 18.4 Å². The third-order valence-electron chi connectivity index (χ3n) is 6.12. The predicted molar refractivity (Wildman–Crippen MR) is 143 cm³/mol. The predicted octanol–water partition coefficient (Wildman–Crippen LogP) is 1.59. The average Bonchev–Trinajstić information content (AvgIpc) is 3.37. The fourth-order valence-corrected chi connectivity index (χ4v) is 5.37. The van der Waals surface area contributed by atoms with Crippen LogP contribution < -0.4 is 25.9 Å². The van der Waals surface area contributed by atoms with Crippen LogP contribution in [0, 0.1) is 5.41 Å². The Bertz CT molecular complexity index is 1500. The SMILES string of the molecule is N=C(N)NCCC[C@@H](C(=O)O)N(NCc1ccc2c(c1)OCO2)C(=O)CS(=O)(=O)c1ccc2ccccc2c1. The van der Waals surface area contributed by atoms with Crippen molar-refractivity contribution in [3.05, 3.63) is 66.2 Å². The van der Waals surface area contributed by atoms with Gasteiger partial charge >= 0.3 is 5.97 Å². The Labute approximate surface area is 225 Å². The lowest BCUT2D eigenvalue weighted by molar-refractivity contribution is -0.152. The summed E-state index contributed by atoms with van der Waals surface area (Å²) < 4.78 is 37.1. The van der Waals surface area contributed by atoms with E-state index in [1.54, 1.807) is 36.4 Å². The van der Waals surface area contributed by atoms with Gasteiger partial charge in [-0.25, -0.2) is 18.6 Å². The number of benzene rings is 3. The second kappa shape index (κ2) is 12.0. The van der Waals surface area contributed by atoms with Crippen molar-refractivity contribution in [1.29, 1.82) is 5.41 Å². The van der Waals surface area contributed by atoms with Crippen LogP contribution in [0.25, 0.3) is 10.8 Å². The Morgan fingerprint density at radius 2 is 1.79 bits per heavy atom. The van der Waals surface area contributed by atoms with Gasteiger partial charge < -0.3 is 25.6 Å². The molecule has 1 amide bonds. The molecule has 0 spiro atoms. The standard InChI is InChI=1S/C26H29N5O7S/c27-26(28)29-11-3-6-21(25(33)34)31(30-14-17-7-10-22-23(12-17)38-16-37-22)24(32)15-39(35,36)20-9-8-18-4-1-2-5-19(18)13-20/h1-2,4-5,7-10,12-13,21,30H,3,6,11,14-16H2,(H,33,34)(H4,27,28,29)/t21-/m0/s1. The van der Waals surface area contributed by atoms with E-state index in [1.165, 1.54) is 12.1 Å². The molecule has 0 aromatic heterocycles. The highest BCUT2D eigenvalue weighted by molar-refractivity contribution is 7.92. The molecule has 0 fully saturated rings. The third-order valence-corrected chi connectivity index (χ3v) is 7.72. The summed E-state index contributed by atoms with van der Waals surface area (Å²) in [6.07, 6.45) is 0.231. The van der Waals surface area contributed by atoms with Gasteiger partial charge in [-0.3, -0.25) is 15.2 Å². The van der Waals surface area contributed by atoms with Gasteiger partial charge in [-0.05, 0) is 53.4 Å². The van der Waals surface area contributed by atoms with Crippen LogP contribution in [0.4, 0.5) is 0 Å². The number of amides is 1. The summed E-state index contributed by atoms with van der Waals surface area (Å²) >= 11 is 0. The van der Waals surface area contributed by atoms with E-state index in [4.69, 9.17) is 20.6 Å². The fraction of sp³-hybridized carbons (Fsp3) is 0.269. The number of hydrogen-bond acceptors (Lipinski definition) is 8. The zero-order valence-corrected chi connectivity index (χ0v) is 21.7. The molecule has 1 atom stereocenters. The zero-order chi connectivity index (χ0) is 28.0. The van der Waals surface area contributed by atoms with E-state index in [9.17, 15) is 23.1 Å². The lowest BCUT2D eigenvalue weighted by Gasteiger charge is -2.30. The van der Waals surface area contributed by atoms with Crippen molar-refractivity contribution in [2.75, 3.05) is 19.1 Å². The van der Waals surface area contributed by atoms with Gasteiger partial charge in [0, 0.05) is 13.1 Å². The van der Waals surface area contributed by atoms with Gasteiger partial charge in [0.05, 0.1) is 4.90 Å². The van der Waals surface area contributed by atoms with E-state index >= 15 is 0 Å². The van der Waals surface area contributed by atoms with E-state index in [0.29, 0.717) is 22.4 Å². The molecule has 0 aliphatic carbocycles. The summed E-state index contributed by atoms with van der Waals surface area (Å²) in [6, 6.07) is 15.5. The summed E-state index contributed by atoms with van der Waals surface area (Å²) in [5, 5.41) is 22.2. The maximum Gasteiger partial charge on any atom is 0.328 e. The molecule has 0 radical (unpaired) electrons. The number of rotatable bonds is 12. The largest absolute Gasteiger partial charge is 0.480 e. The van der Waals surface area contributed by atoms with Gasteiger partial charge in [-0.2, -0.15) is 0 Å². The minimum atomic E-state index is -4.10. The van der Waals surface area contributed by atoms with Crippen molar-refractivity contribution in [3.8, 4) is 11.5 Å². The minimum absolute atomic E-state index is 0.0217. The number of hydrogen-bond donors (Lipinski definition) is 5. The van der Waals surface area contributed by atoms with Gasteiger partial charge in [0.25, 0.3) is 5.91 Å². The van der Waals surface area contributed by atoms with Crippen LogP contribution in [0.5, 0.6) is 11.5 Å². The number of aliphatic carboxylic acids is 1. The second-order valence-corrected chi connectivity index (χ2v) is 10.9. The van der Waals surface area contributed by atoms with Gasteiger partial charge in [-0.15, -0.1) is 0 Å². The summed E-state index contributed by atoms with van der Waals surface area (Å²) in [4.78, 5) is 25.6. The third kappa shape index (κ3) is 6.94. The van der Waals surface area contributed by atoms with E-state index in [2.05, 4.69) is 10.7 Å². The maximum atomic E-state index is 13.4. The Morgan fingerprint density at radius 1 is 1.05 bits per heavy atom. The Morgan fingerprint density at radius 3 is 2.54 bits per heavy atom. The first-order chi connectivity index (χ1) is 18.6. The van der Waals surface area contributed by atoms with Crippen LogP contribution in [0.2, 0.25) is 0 Å². The monoisotopic (exact) mass is 555 g/mol. The molecular formula is C26H29N5O7S. The highest BCUT2D eigenvalue weighted by Gasteiger charge is 2.33. The summed E-state index contributed by atoms with van der Waals surface area (Å²) in [5.41, 5.74) is 8.76. The Hall–Kier alpha value is -4.36. The molecule has 1 heterocycles. The van der Waals surface area contributed by atoms with Crippen molar-refractivity contribution in [2.24, 2.45) is 5.73 Å². The Balaban J connectivity index is 1.55. The zero-order valence-electron chi connectivity index (χ0n) is 20.9. The van der Waals surface area contributed by atoms with Gasteiger partial charge in [-0.1, -0.05) is 36.4 Å². The maximum absolute atomic E-state index is 13.4. The van der Waals surface area contributed by atoms with Crippen LogP contribution in [0.3, 0.4) is 0 Å². The van der Waals surface area contributed by atoms with Gasteiger partial charge in [0.15, 0.2) is 27.3 Å². The summed E-state index contributed by atoms with van der Waals surface area (Å²) in [7, 11) is -4.10. The van der Waals surface area contributed by atoms with Crippen LogP contribution >= 0.6 is 0 Å². The van der Waals surface area contributed by atoms with Crippen molar-refractivity contribution >= 4 is 38.4 Å². The molecule has 0 saturated heterocycles. The average molecular weight is 556 g/mol. The molecule has 6 N–H and O–H groups in total. The summed E-state index contributed by atoms with van der Waals surface area (Å²) in [6.45, 7) is 0.311. The smallest absolute Gasteiger partial charge is 0.328 e. The quantitative estimate of drug-likeness (QED) is 0.0951. The number of ether oxygens (including phenoxy) is 2. The molecule has 3 aromatic carbocycles. The number of carbonyl (C=O) groups is 2. The van der Waals surface area contributed by atoms with E-state index in [-0.39, 0.29) is 43.6 Å². The van der Waals surface area contributed by atoms with Crippen LogP contribution in [0.15, 0.2) is 65.6 Å². The minimum Gasteiger partial charge on any atom is -0.480 e. The first kappa shape index (κ1) is 27.7. The molecule has 3 aromatic rings. The number of sulfone groups is 1. The number of hydrazine groups is 1. The van der Waals surface area contributed by atoms with E-state index < -0.39 is 33.5 Å². The molecule has 13 heteroatoms. The molecule has 1 aliphatic heterocycles. The summed E-state index contributed by atoms with van der Waals surface area (Å²) in [5.74, 6) is -2.36. The van der Waals surface area contributed by atoms with Crippen molar-refractivity contribution in [3.63, 3.8) is 0 Å². The number of nitrogens with zero attached hydrogens (tertiary/aromatic N) is 1. The lowest BCUT2D eigenvalue weighted by Crippen LogP contribution is -2.54. The molecular weight excluding hydrogens is 526 g/mol. The van der Waals surface area contributed by atoms with Crippen LogP contribution in [-0.4, -0.2) is 61.5 Å². The number of fused-ring (bicyclic) bond motifs is 2. The highest BCUT2D eigenvalue weighted by Crippen LogP contribution is 2.32. The van der Waals surface area contributed by atoms with Crippen LogP contribution in [-0.2, 0) is 26.0 Å². The van der Waals surface area contributed by atoms with Crippen molar-refractivity contribution in [2.45, 2.75) is 30.3 Å². The molecule has 206 valence electrons. The van der Waals surface area contributed by atoms with Crippen molar-refractivity contribution < 1.29 is 32.6 Å². The van der Waals surface area contributed by atoms with E-state index in [1.807, 2.05) is 12.1 Å². The molecule has 4 rings (SSSR count).